The molecule has 7 heteroatoms. The first-order chi connectivity index (χ1) is 14.4. The van der Waals surface area contributed by atoms with Crippen molar-refractivity contribution in [3.8, 4) is 0 Å². The van der Waals surface area contributed by atoms with Gasteiger partial charge in [-0.2, -0.15) is 0 Å². The Balaban J connectivity index is 1.59. The van der Waals surface area contributed by atoms with Gasteiger partial charge in [0, 0.05) is 26.3 Å². The second-order valence-corrected chi connectivity index (χ2v) is 8.07. The van der Waals surface area contributed by atoms with E-state index in [2.05, 4.69) is 22.2 Å². The number of carbonyl (C=O) groups is 2. The van der Waals surface area contributed by atoms with Crippen LogP contribution in [0.5, 0.6) is 0 Å². The average molecular weight is 411 g/mol. The molecular formula is C23H30N4O3. The maximum absolute atomic E-state index is 12.8. The van der Waals surface area contributed by atoms with Crippen LogP contribution in [-0.4, -0.2) is 60.3 Å². The number of amides is 2. The number of rotatable bonds is 7. The van der Waals surface area contributed by atoms with Gasteiger partial charge in [-0.15, -0.1) is 0 Å². The fraction of sp³-hybridized carbons (Fsp3) is 0.435. The van der Waals surface area contributed by atoms with Crippen molar-refractivity contribution in [1.29, 1.82) is 0 Å². The molecule has 2 heterocycles. The molecule has 2 N–H and O–H groups in total. The van der Waals surface area contributed by atoms with E-state index in [1.165, 1.54) is 17.2 Å². The van der Waals surface area contributed by atoms with Crippen LogP contribution in [0.1, 0.15) is 45.5 Å². The van der Waals surface area contributed by atoms with Crippen molar-refractivity contribution in [1.82, 2.24) is 20.1 Å². The van der Waals surface area contributed by atoms with Crippen molar-refractivity contribution in [2.75, 3.05) is 33.7 Å². The normalized spacial score (nSPS) is 15.0. The summed E-state index contributed by atoms with van der Waals surface area (Å²) in [6, 6.07) is 10.9. The molecule has 7 nitrogen and oxygen atoms in total. The number of carbonyl (C=O) groups excluding carboxylic acids is 2. The van der Waals surface area contributed by atoms with Gasteiger partial charge in [0.15, 0.2) is 0 Å². The summed E-state index contributed by atoms with van der Waals surface area (Å²) in [5.41, 5.74) is 0.723. The van der Waals surface area contributed by atoms with Crippen LogP contribution in [0.25, 0.3) is 0 Å². The van der Waals surface area contributed by atoms with Crippen LogP contribution in [0.2, 0.25) is 0 Å². The number of likely N-dealkylation sites (tertiary alicyclic amines) is 1. The maximum Gasteiger partial charge on any atom is 0.260 e. The molecule has 0 atom stereocenters. The first kappa shape index (κ1) is 21.8. The zero-order chi connectivity index (χ0) is 21.5. The van der Waals surface area contributed by atoms with Gasteiger partial charge in [-0.05, 0) is 56.9 Å². The Kier molecular flexibility index (Phi) is 7.41. The van der Waals surface area contributed by atoms with Crippen LogP contribution in [0, 0.1) is 5.92 Å². The third-order valence-corrected chi connectivity index (χ3v) is 5.68. The lowest BCUT2D eigenvalue weighted by Gasteiger charge is -2.28. The summed E-state index contributed by atoms with van der Waals surface area (Å²) >= 11 is 0. The van der Waals surface area contributed by atoms with Gasteiger partial charge < -0.3 is 20.1 Å². The van der Waals surface area contributed by atoms with Crippen molar-refractivity contribution in [2.45, 2.75) is 25.8 Å². The molecule has 1 fully saturated rings. The largest absolute Gasteiger partial charge is 0.352 e. The van der Waals surface area contributed by atoms with E-state index >= 15 is 0 Å². The second-order valence-electron chi connectivity index (χ2n) is 8.07. The lowest BCUT2D eigenvalue weighted by atomic mass is 9.94. The first-order valence-electron chi connectivity index (χ1n) is 10.4. The highest BCUT2D eigenvalue weighted by atomic mass is 16.2. The van der Waals surface area contributed by atoms with Gasteiger partial charge in [0.2, 0.25) is 0 Å². The molecule has 1 aromatic carbocycles. The van der Waals surface area contributed by atoms with E-state index < -0.39 is 11.5 Å². The van der Waals surface area contributed by atoms with Crippen LogP contribution in [0.4, 0.5) is 0 Å². The smallest absolute Gasteiger partial charge is 0.260 e. The third kappa shape index (κ3) is 5.79. The third-order valence-electron chi connectivity index (χ3n) is 5.68. The van der Waals surface area contributed by atoms with E-state index in [1.54, 1.807) is 7.05 Å². The number of piperidine rings is 1. The highest BCUT2D eigenvalue weighted by Crippen LogP contribution is 2.18. The fourth-order valence-electron chi connectivity index (χ4n) is 3.75. The minimum Gasteiger partial charge on any atom is -0.352 e. The van der Waals surface area contributed by atoms with Crippen molar-refractivity contribution in [3.63, 3.8) is 0 Å². The molecule has 1 aliphatic rings. The van der Waals surface area contributed by atoms with Crippen LogP contribution in [-0.2, 0) is 6.54 Å². The molecule has 0 spiro atoms. The van der Waals surface area contributed by atoms with E-state index in [0.717, 1.165) is 37.9 Å². The van der Waals surface area contributed by atoms with Gasteiger partial charge >= 0.3 is 0 Å². The zero-order valence-corrected chi connectivity index (χ0v) is 17.7. The maximum atomic E-state index is 12.8. The standard InChI is InChI=1S/C23H30N4O3/c1-26-12-9-17(10-13-26)8-11-24-21(28)19-14-20(22(29)25-15-19)23(30)27(2)16-18-6-4-3-5-7-18/h3-7,14-15,17H,8-13,16H2,1-2H3,(H,24,28)(H,25,29). The fourth-order valence-corrected chi connectivity index (χ4v) is 3.75. The number of pyridine rings is 1. The first-order valence-corrected chi connectivity index (χ1v) is 10.4. The van der Waals surface area contributed by atoms with Gasteiger partial charge in [-0.3, -0.25) is 14.4 Å². The van der Waals surface area contributed by atoms with Crippen molar-refractivity contribution in [3.05, 3.63) is 69.6 Å². The molecule has 1 aliphatic heterocycles. The zero-order valence-electron chi connectivity index (χ0n) is 17.7. The molecule has 3 rings (SSSR count). The number of hydrogen-bond donors (Lipinski definition) is 2. The van der Waals surface area contributed by atoms with Crippen molar-refractivity contribution >= 4 is 11.8 Å². The van der Waals surface area contributed by atoms with Crippen molar-refractivity contribution < 1.29 is 9.59 Å². The van der Waals surface area contributed by atoms with Gasteiger partial charge in [-0.25, -0.2) is 0 Å². The van der Waals surface area contributed by atoms with E-state index in [4.69, 9.17) is 0 Å². The summed E-state index contributed by atoms with van der Waals surface area (Å²) in [5, 5.41) is 2.91. The number of aromatic amines is 1. The van der Waals surface area contributed by atoms with E-state index in [-0.39, 0.29) is 17.0 Å². The number of aromatic nitrogens is 1. The summed E-state index contributed by atoms with van der Waals surface area (Å²) < 4.78 is 0. The molecule has 0 radical (unpaired) electrons. The van der Waals surface area contributed by atoms with Crippen LogP contribution in [0.3, 0.4) is 0 Å². The van der Waals surface area contributed by atoms with E-state index in [1.807, 2.05) is 30.3 Å². The van der Waals surface area contributed by atoms with E-state index in [0.29, 0.717) is 19.0 Å². The molecule has 0 saturated carbocycles. The number of nitrogens with zero attached hydrogens (tertiary/aromatic N) is 2. The van der Waals surface area contributed by atoms with Crippen LogP contribution < -0.4 is 10.9 Å². The number of hydrogen-bond acceptors (Lipinski definition) is 4. The SMILES string of the molecule is CN1CCC(CCNC(=O)c2c[nH]c(=O)c(C(=O)N(C)Cc3ccccc3)c2)CC1. The quantitative estimate of drug-likeness (QED) is 0.732. The molecule has 160 valence electrons. The molecule has 0 bridgehead atoms. The molecule has 1 aromatic heterocycles. The highest BCUT2D eigenvalue weighted by Gasteiger charge is 2.19. The number of nitrogens with one attached hydrogen (secondary N) is 2. The lowest BCUT2D eigenvalue weighted by Crippen LogP contribution is -2.34. The molecule has 0 aliphatic carbocycles. The molecule has 0 unspecified atom stereocenters. The molecule has 2 aromatic rings. The Hall–Kier alpha value is -2.93. The highest BCUT2D eigenvalue weighted by molar-refractivity contribution is 5.99. The summed E-state index contributed by atoms with van der Waals surface area (Å²) in [4.78, 5) is 43.8. The predicted octanol–water partition coefficient (Wildman–Crippen LogP) is 2.11. The van der Waals surface area contributed by atoms with Crippen LogP contribution in [0.15, 0.2) is 47.4 Å². The van der Waals surface area contributed by atoms with Gasteiger partial charge in [0.1, 0.15) is 5.56 Å². The number of benzene rings is 1. The Labute approximate surface area is 177 Å². The van der Waals surface area contributed by atoms with Gasteiger partial charge in [0.05, 0.1) is 5.56 Å². The molecule has 2 amide bonds. The monoisotopic (exact) mass is 410 g/mol. The molecule has 30 heavy (non-hydrogen) atoms. The minimum absolute atomic E-state index is 0.0311. The summed E-state index contributed by atoms with van der Waals surface area (Å²) in [6.07, 6.45) is 4.60. The van der Waals surface area contributed by atoms with Gasteiger partial charge in [-0.1, -0.05) is 30.3 Å². The second kappa shape index (κ2) is 10.2. The topological polar surface area (TPSA) is 85.5 Å². The van der Waals surface area contributed by atoms with Crippen molar-refractivity contribution in [2.24, 2.45) is 5.92 Å². The Morgan fingerprint density at radius 2 is 1.90 bits per heavy atom. The van der Waals surface area contributed by atoms with Crippen LogP contribution >= 0.6 is 0 Å². The summed E-state index contributed by atoms with van der Waals surface area (Å²) in [7, 11) is 3.77. The lowest BCUT2D eigenvalue weighted by molar-refractivity contribution is 0.0783. The predicted molar refractivity (Wildman–Crippen MR) is 116 cm³/mol. The Morgan fingerprint density at radius 1 is 1.20 bits per heavy atom. The number of H-pyrrole nitrogens is 1. The molecule has 1 saturated heterocycles. The minimum atomic E-state index is -0.497. The molecular weight excluding hydrogens is 380 g/mol. The summed E-state index contributed by atoms with van der Waals surface area (Å²) in [6.45, 7) is 3.16. The van der Waals surface area contributed by atoms with Gasteiger partial charge in [0.25, 0.3) is 17.4 Å². The average Bonchev–Trinajstić information content (AvgIpc) is 2.75. The van der Waals surface area contributed by atoms with E-state index in [9.17, 15) is 14.4 Å². The summed E-state index contributed by atoms with van der Waals surface area (Å²) in [5.74, 6) is -0.0686. The Morgan fingerprint density at radius 3 is 2.60 bits per heavy atom. The Bertz CT molecular complexity index is 918.